The molecule has 0 radical (unpaired) electrons. The molecule has 0 amide bonds. The maximum Gasteiger partial charge on any atom is 0.343 e. The van der Waals surface area contributed by atoms with Gasteiger partial charge in [0.1, 0.15) is 12.4 Å². The molecule has 0 fully saturated rings. The van der Waals surface area contributed by atoms with E-state index in [0.29, 0.717) is 36.4 Å². The Morgan fingerprint density at radius 2 is 1.89 bits per heavy atom. The van der Waals surface area contributed by atoms with Gasteiger partial charge in [-0.25, -0.2) is 9.78 Å². The number of aromatic nitrogens is 2. The molecule has 7 heteroatoms. The smallest absolute Gasteiger partial charge is 0.343 e. The zero-order valence-electron chi connectivity index (χ0n) is 21.4. The van der Waals surface area contributed by atoms with Crippen molar-refractivity contribution in [2.75, 3.05) is 6.61 Å². The Labute approximate surface area is 211 Å². The van der Waals surface area contributed by atoms with E-state index in [1.54, 1.807) is 22.8 Å². The number of hydrogen-bond acceptors (Lipinski definition) is 6. The summed E-state index contributed by atoms with van der Waals surface area (Å²) in [6.45, 7) is 6.95. The number of nitrogens with zero attached hydrogens (tertiary/aromatic N) is 2. The average Bonchev–Trinajstić information content (AvgIpc) is 3.24. The molecular weight excluding hydrogens is 456 g/mol. The lowest BCUT2D eigenvalue weighted by Crippen LogP contribution is -2.46. The minimum absolute atomic E-state index is 0.0465. The van der Waals surface area contributed by atoms with Gasteiger partial charge in [-0.15, -0.1) is 0 Å². The lowest BCUT2D eigenvalue weighted by atomic mass is 9.85. The van der Waals surface area contributed by atoms with Crippen molar-refractivity contribution in [1.29, 1.82) is 0 Å². The number of ether oxygens (including phenoxy) is 2. The second kappa shape index (κ2) is 9.69. The fourth-order valence-corrected chi connectivity index (χ4v) is 5.73. The summed E-state index contributed by atoms with van der Waals surface area (Å²) < 4.78 is 13.6. The number of benzene rings is 1. The number of aromatic hydroxyl groups is 1. The molecule has 0 unspecified atom stereocenters. The van der Waals surface area contributed by atoms with E-state index in [1.165, 1.54) is 12.8 Å². The van der Waals surface area contributed by atoms with Crippen molar-refractivity contribution in [3.63, 3.8) is 0 Å². The van der Waals surface area contributed by atoms with Gasteiger partial charge in [-0.2, -0.15) is 0 Å². The van der Waals surface area contributed by atoms with Crippen LogP contribution in [0.15, 0.2) is 29.1 Å². The van der Waals surface area contributed by atoms with Crippen LogP contribution in [-0.2, 0) is 39.4 Å². The molecule has 0 spiro atoms. The van der Waals surface area contributed by atoms with Crippen LogP contribution in [0.3, 0.4) is 0 Å². The highest BCUT2D eigenvalue weighted by Gasteiger charge is 2.48. The molecule has 7 nitrogen and oxygen atoms in total. The monoisotopic (exact) mass is 490 g/mol. The summed E-state index contributed by atoms with van der Waals surface area (Å²) in [6.07, 6.45) is 6.53. The second-order valence-corrected chi connectivity index (χ2v) is 9.81. The number of unbranched alkanes of at least 4 members (excludes halogenated alkanes) is 4. The van der Waals surface area contributed by atoms with Gasteiger partial charge < -0.3 is 19.1 Å². The Morgan fingerprint density at radius 3 is 2.64 bits per heavy atom. The Bertz CT molecular complexity index is 1390. The molecule has 4 heterocycles. The first-order valence-corrected chi connectivity index (χ1v) is 13.2. The third-order valence-electron chi connectivity index (χ3n) is 7.71. The highest BCUT2D eigenvalue weighted by molar-refractivity contribution is 5.90. The van der Waals surface area contributed by atoms with Crippen molar-refractivity contribution in [2.45, 2.75) is 84.5 Å². The molecule has 2 aromatic heterocycles. The maximum absolute atomic E-state index is 13.7. The van der Waals surface area contributed by atoms with Crippen LogP contribution < -0.4 is 5.56 Å². The van der Waals surface area contributed by atoms with Crippen LogP contribution in [0, 0.1) is 0 Å². The standard InChI is InChI=1S/C29H34N2O5/c1-4-7-8-9-10-13-36-29(6-3)23-15-25-26-21(16-31(25)27(33)22(23)17-35-28(29)34)19(5-2)20-14-18(32)11-12-24(20)30-26/h11-12,14-15,32H,4-10,13,16-17H2,1-3H3/t29-/m0/s1. The topological polar surface area (TPSA) is 90.7 Å². The van der Waals surface area contributed by atoms with Crippen molar-refractivity contribution in [2.24, 2.45) is 0 Å². The van der Waals surface area contributed by atoms with E-state index in [4.69, 9.17) is 14.5 Å². The number of hydrogen-bond donors (Lipinski definition) is 1. The number of phenolic OH excluding ortho intramolecular Hbond substituents is 1. The van der Waals surface area contributed by atoms with Crippen LogP contribution in [0.4, 0.5) is 0 Å². The number of carbonyl (C=O) groups is 1. The van der Waals surface area contributed by atoms with Crippen molar-refractivity contribution in [1.82, 2.24) is 9.55 Å². The van der Waals surface area contributed by atoms with Gasteiger partial charge in [-0.05, 0) is 49.1 Å². The summed E-state index contributed by atoms with van der Waals surface area (Å²) in [5.74, 6) is -0.234. The fraction of sp³-hybridized carbons (Fsp3) is 0.483. The third-order valence-corrected chi connectivity index (χ3v) is 7.71. The molecule has 36 heavy (non-hydrogen) atoms. The van der Waals surface area contributed by atoms with Gasteiger partial charge in [0.05, 0.1) is 29.0 Å². The van der Waals surface area contributed by atoms with Crippen molar-refractivity contribution in [3.8, 4) is 17.1 Å². The highest BCUT2D eigenvalue weighted by Crippen LogP contribution is 2.42. The lowest BCUT2D eigenvalue weighted by Gasteiger charge is -2.36. The van der Waals surface area contributed by atoms with Crippen molar-refractivity contribution in [3.05, 3.63) is 56.9 Å². The van der Waals surface area contributed by atoms with E-state index in [1.807, 2.05) is 13.0 Å². The molecule has 3 aromatic rings. The van der Waals surface area contributed by atoms with Crippen LogP contribution in [0.2, 0.25) is 0 Å². The maximum atomic E-state index is 13.7. The third kappa shape index (κ3) is 3.81. The van der Waals surface area contributed by atoms with Crippen LogP contribution in [0.1, 0.15) is 81.5 Å². The normalized spacial score (nSPS) is 18.1. The summed E-state index contributed by atoms with van der Waals surface area (Å²) in [7, 11) is 0. The molecule has 2 aliphatic heterocycles. The van der Waals surface area contributed by atoms with Gasteiger partial charge in [0, 0.05) is 23.1 Å². The molecule has 0 aliphatic carbocycles. The summed E-state index contributed by atoms with van der Waals surface area (Å²) >= 11 is 0. The summed E-state index contributed by atoms with van der Waals surface area (Å²) in [5, 5.41) is 11.0. The number of aryl methyl sites for hydroxylation is 1. The van der Waals surface area contributed by atoms with Crippen LogP contribution in [0.5, 0.6) is 5.75 Å². The molecule has 1 atom stereocenters. The van der Waals surface area contributed by atoms with Crippen LogP contribution >= 0.6 is 0 Å². The Kier molecular flexibility index (Phi) is 6.60. The Balaban J connectivity index is 1.61. The van der Waals surface area contributed by atoms with Gasteiger partial charge in [0.25, 0.3) is 5.56 Å². The summed E-state index contributed by atoms with van der Waals surface area (Å²) in [6, 6.07) is 7.10. The molecule has 1 aromatic carbocycles. The molecule has 5 rings (SSSR count). The quantitative estimate of drug-likeness (QED) is 0.251. The SMILES string of the molecule is CCCCCCCO[C@]1(CC)C(=O)OCc2c1cc1n(c2=O)Cc2c-1nc1ccc(O)cc1c2CC. The van der Waals surface area contributed by atoms with Gasteiger partial charge in [-0.1, -0.05) is 46.5 Å². The molecule has 0 bridgehead atoms. The lowest BCUT2D eigenvalue weighted by molar-refractivity contribution is -0.181. The van der Waals surface area contributed by atoms with E-state index < -0.39 is 11.6 Å². The first-order chi connectivity index (χ1) is 17.4. The zero-order valence-corrected chi connectivity index (χ0v) is 21.4. The molecular formula is C29H34N2O5. The van der Waals surface area contributed by atoms with E-state index in [9.17, 15) is 14.7 Å². The predicted molar refractivity (Wildman–Crippen MR) is 138 cm³/mol. The van der Waals surface area contributed by atoms with Gasteiger partial charge in [-0.3, -0.25) is 4.79 Å². The minimum Gasteiger partial charge on any atom is -0.508 e. The average molecular weight is 491 g/mol. The Morgan fingerprint density at radius 1 is 1.08 bits per heavy atom. The highest BCUT2D eigenvalue weighted by atomic mass is 16.6. The van der Waals surface area contributed by atoms with Gasteiger partial charge >= 0.3 is 5.97 Å². The molecule has 2 aliphatic rings. The van der Waals surface area contributed by atoms with E-state index in [-0.39, 0.29) is 17.9 Å². The molecule has 0 saturated heterocycles. The van der Waals surface area contributed by atoms with Gasteiger partial charge in [0.2, 0.25) is 0 Å². The number of rotatable bonds is 9. The first kappa shape index (κ1) is 24.5. The molecule has 0 saturated carbocycles. The predicted octanol–water partition coefficient (Wildman–Crippen LogP) is 5.34. The first-order valence-electron chi connectivity index (χ1n) is 13.2. The second-order valence-electron chi connectivity index (χ2n) is 9.81. The number of fused-ring (bicyclic) bond motifs is 5. The van der Waals surface area contributed by atoms with E-state index >= 15 is 0 Å². The van der Waals surface area contributed by atoms with E-state index in [0.717, 1.165) is 53.4 Å². The number of pyridine rings is 2. The number of carbonyl (C=O) groups excluding carboxylic acids is 1. The molecule has 190 valence electrons. The summed E-state index contributed by atoms with van der Waals surface area (Å²) in [4.78, 5) is 31.8. The van der Waals surface area contributed by atoms with Gasteiger partial charge in [0.15, 0.2) is 5.60 Å². The van der Waals surface area contributed by atoms with Crippen molar-refractivity contribution >= 4 is 16.9 Å². The Hall–Kier alpha value is -3.19. The van der Waals surface area contributed by atoms with Crippen LogP contribution in [-0.4, -0.2) is 27.2 Å². The number of cyclic esters (lactones) is 1. The van der Waals surface area contributed by atoms with Crippen LogP contribution in [0.25, 0.3) is 22.3 Å². The van der Waals surface area contributed by atoms with Crippen molar-refractivity contribution < 1.29 is 19.4 Å². The number of phenols is 1. The molecule has 1 N–H and O–H groups in total. The summed E-state index contributed by atoms with van der Waals surface area (Å²) in [5.41, 5.74) is 3.95. The largest absolute Gasteiger partial charge is 0.508 e. The zero-order chi connectivity index (χ0) is 25.4. The fourth-order valence-electron chi connectivity index (χ4n) is 5.73. The van der Waals surface area contributed by atoms with E-state index in [2.05, 4.69) is 13.8 Å². The minimum atomic E-state index is -1.29. The number of esters is 1.